The van der Waals surface area contributed by atoms with Crippen LogP contribution in [0, 0.1) is 17.2 Å². The van der Waals surface area contributed by atoms with Crippen LogP contribution in [0.15, 0.2) is 0 Å². The maximum absolute atomic E-state index is 11.4. The topological polar surface area (TPSA) is 62.1 Å². The summed E-state index contributed by atoms with van der Waals surface area (Å²) < 4.78 is 5.13. The highest BCUT2D eigenvalue weighted by molar-refractivity contribution is 5.68. The number of nitrogens with one attached hydrogen (secondary N) is 1. The fourth-order valence-corrected chi connectivity index (χ4v) is 1.75. The van der Waals surface area contributed by atoms with Gasteiger partial charge < -0.3 is 10.1 Å². The maximum Gasteiger partial charge on any atom is 0.407 e. The molecule has 1 N–H and O–H groups in total. The normalized spacial score (nSPS) is 25.7. The van der Waals surface area contributed by atoms with Crippen LogP contribution in [0.2, 0.25) is 0 Å². The Balaban J connectivity index is 2.42. The summed E-state index contributed by atoms with van der Waals surface area (Å²) in [6, 6.07) is 2.17. The maximum atomic E-state index is 11.4. The fourth-order valence-electron chi connectivity index (χ4n) is 1.75. The third kappa shape index (κ3) is 3.78. The van der Waals surface area contributed by atoms with E-state index in [4.69, 9.17) is 10.00 Å². The van der Waals surface area contributed by atoms with E-state index in [-0.39, 0.29) is 12.0 Å². The lowest BCUT2D eigenvalue weighted by Gasteiger charge is -2.22. The molecule has 0 spiro atoms. The van der Waals surface area contributed by atoms with Crippen molar-refractivity contribution in [2.24, 2.45) is 5.92 Å². The molecule has 0 aromatic carbocycles. The number of ether oxygens (including phenoxy) is 1. The molecule has 0 saturated heterocycles. The lowest BCUT2D eigenvalue weighted by Crippen LogP contribution is -2.40. The van der Waals surface area contributed by atoms with Gasteiger partial charge in [0.25, 0.3) is 0 Å². The average Bonchev–Trinajstić information content (AvgIpc) is 2.48. The zero-order valence-electron chi connectivity index (χ0n) is 9.54. The van der Waals surface area contributed by atoms with E-state index in [1.54, 1.807) is 0 Å². The molecule has 0 aliphatic heterocycles. The van der Waals surface area contributed by atoms with Crippen molar-refractivity contribution in [2.45, 2.75) is 51.7 Å². The highest BCUT2D eigenvalue weighted by atomic mass is 16.6. The van der Waals surface area contributed by atoms with Gasteiger partial charge in [-0.05, 0) is 40.0 Å². The largest absolute Gasteiger partial charge is 0.444 e. The Morgan fingerprint density at radius 1 is 1.47 bits per heavy atom. The molecule has 84 valence electrons. The van der Waals surface area contributed by atoms with E-state index in [1.165, 1.54) is 0 Å². The molecule has 1 fully saturated rings. The molecule has 4 nitrogen and oxygen atoms in total. The number of carbonyl (C=O) groups excluding carboxylic acids is 1. The Labute approximate surface area is 90.6 Å². The van der Waals surface area contributed by atoms with E-state index in [2.05, 4.69) is 11.4 Å². The van der Waals surface area contributed by atoms with Gasteiger partial charge in [-0.2, -0.15) is 5.26 Å². The lowest BCUT2D eigenvalue weighted by atomic mass is 10.1. The Morgan fingerprint density at radius 3 is 2.67 bits per heavy atom. The van der Waals surface area contributed by atoms with Gasteiger partial charge in [-0.1, -0.05) is 0 Å². The van der Waals surface area contributed by atoms with Gasteiger partial charge in [-0.3, -0.25) is 0 Å². The summed E-state index contributed by atoms with van der Waals surface area (Å²) in [7, 11) is 0. The van der Waals surface area contributed by atoms with E-state index in [0.29, 0.717) is 0 Å². The van der Waals surface area contributed by atoms with Crippen LogP contribution < -0.4 is 5.32 Å². The van der Waals surface area contributed by atoms with E-state index < -0.39 is 11.7 Å². The van der Waals surface area contributed by atoms with Crippen LogP contribution in [0.25, 0.3) is 0 Å². The van der Waals surface area contributed by atoms with Crippen molar-refractivity contribution in [1.29, 1.82) is 5.26 Å². The van der Waals surface area contributed by atoms with Gasteiger partial charge in [-0.15, -0.1) is 0 Å². The number of hydrogen-bond donors (Lipinski definition) is 1. The van der Waals surface area contributed by atoms with Gasteiger partial charge >= 0.3 is 6.09 Å². The van der Waals surface area contributed by atoms with Gasteiger partial charge in [-0.25, -0.2) is 4.79 Å². The van der Waals surface area contributed by atoms with E-state index in [0.717, 1.165) is 19.3 Å². The number of rotatable bonds is 1. The predicted molar refractivity (Wildman–Crippen MR) is 56.1 cm³/mol. The lowest BCUT2D eigenvalue weighted by molar-refractivity contribution is 0.0499. The third-order valence-electron chi connectivity index (χ3n) is 2.38. The minimum absolute atomic E-state index is 0.0372. The Hall–Kier alpha value is -1.24. The summed E-state index contributed by atoms with van der Waals surface area (Å²) in [5.74, 6) is -0.0579. The van der Waals surface area contributed by atoms with Gasteiger partial charge in [0.05, 0.1) is 12.0 Å². The highest BCUT2D eigenvalue weighted by Gasteiger charge is 2.29. The van der Waals surface area contributed by atoms with Crippen LogP contribution in [-0.4, -0.2) is 17.7 Å². The molecule has 0 aromatic heterocycles. The molecule has 0 bridgehead atoms. The summed E-state index contributed by atoms with van der Waals surface area (Å²) in [6.07, 6.45) is 2.32. The Morgan fingerprint density at radius 2 is 2.13 bits per heavy atom. The summed E-state index contributed by atoms with van der Waals surface area (Å²) in [5, 5.41) is 11.6. The smallest absolute Gasteiger partial charge is 0.407 e. The molecule has 1 aliphatic rings. The summed E-state index contributed by atoms with van der Waals surface area (Å²) in [4.78, 5) is 11.4. The van der Waals surface area contributed by atoms with Gasteiger partial charge in [0, 0.05) is 6.04 Å². The molecule has 0 aromatic rings. The Bertz CT molecular complexity index is 275. The minimum atomic E-state index is -0.481. The first-order valence-corrected chi connectivity index (χ1v) is 5.31. The van der Waals surface area contributed by atoms with Crippen molar-refractivity contribution in [3.8, 4) is 6.07 Å². The SMILES string of the molecule is CC(C)(C)OC(=O)N[C@H]1CCC[C@H]1C#N. The second kappa shape index (κ2) is 4.52. The molecule has 1 rings (SSSR count). The first-order chi connectivity index (χ1) is 6.92. The number of carbonyl (C=O) groups is 1. The van der Waals surface area contributed by atoms with Crippen molar-refractivity contribution in [3.63, 3.8) is 0 Å². The number of nitriles is 1. The number of nitrogens with zero attached hydrogens (tertiary/aromatic N) is 1. The van der Waals surface area contributed by atoms with Crippen molar-refractivity contribution in [3.05, 3.63) is 0 Å². The summed E-state index contributed by atoms with van der Waals surface area (Å²) in [5.41, 5.74) is -0.481. The standard InChI is InChI=1S/C11H18N2O2/c1-11(2,3)15-10(14)13-9-6-4-5-8(9)7-12/h8-9H,4-6H2,1-3H3,(H,13,14)/t8-,9-/m0/s1. The number of alkyl carbamates (subject to hydrolysis) is 1. The average molecular weight is 210 g/mol. The van der Waals surface area contributed by atoms with Crippen LogP contribution in [-0.2, 0) is 4.74 Å². The monoisotopic (exact) mass is 210 g/mol. The molecule has 4 heteroatoms. The van der Waals surface area contributed by atoms with Gasteiger partial charge in [0.2, 0.25) is 0 Å². The first-order valence-electron chi connectivity index (χ1n) is 5.31. The van der Waals surface area contributed by atoms with Crippen LogP contribution in [0.4, 0.5) is 4.79 Å². The van der Waals surface area contributed by atoms with Gasteiger partial charge in [0.1, 0.15) is 5.60 Å². The number of amides is 1. The molecule has 0 radical (unpaired) electrons. The van der Waals surface area contributed by atoms with Crippen molar-refractivity contribution in [2.75, 3.05) is 0 Å². The molecule has 0 unspecified atom stereocenters. The predicted octanol–water partition coefficient (Wildman–Crippen LogP) is 2.20. The minimum Gasteiger partial charge on any atom is -0.444 e. The van der Waals surface area contributed by atoms with Crippen LogP contribution in [0.5, 0.6) is 0 Å². The third-order valence-corrected chi connectivity index (χ3v) is 2.38. The zero-order chi connectivity index (χ0) is 11.5. The molecule has 2 atom stereocenters. The van der Waals surface area contributed by atoms with Crippen LogP contribution in [0.3, 0.4) is 0 Å². The quantitative estimate of drug-likeness (QED) is 0.721. The Kier molecular flexibility index (Phi) is 3.57. The fraction of sp³-hybridized carbons (Fsp3) is 0.818. The molecule has 1 amide bonds. The molecular weight excluding hydrogens is 192 g/mol. The molecule has 1 saturated carbocycles. The number of hydrogen-bond acceptors (Lipinski definition) is 3. The molecular formula is C11H18N2O2. The highest BCUT2D eigenvalue weighted by Crippen LogP contribution is 2.25. The van der Waals surface area contributed by atoms with Crippen molar-refractivity contribution in [1.82, 2.24) is 5.32 Å². The van der Waals surface area contributed by atoms with E-state index in [9.17, 15) is 4.79 Å². The van der Waals surface area contributed by atoms with Gasteiger partial charge in [0.15, 0.2) is 0 Å². The van der Waals surface area contributed by atoms with Crippen molar-refractivity contribution >= 4 is 6.09 Å². The second-order valence-corrected chi connectivity index (χ2v) is 4.92. The molecule has 15 heavy (non-hydrogen) atoms. The van der Waals surface area contributed by atoms with Crippen molar-refractivity contribution < 1.29 is 9.53 Å². The zero-order valence-corrected chi connectivity index (χ0v) is 9.54. The molecule has 1 aliphatic carbocycles. The summed E-state index contributed by atoms with van der Waals surface area (Å²) in [6.45, 7) is 5.47. The second-order valence-electron chi connectivity index (χ2n) is 4.92. The van der Waals surface area contributed by atoms with Crippen LogP contribution in [0.1, 0.15) is 40.0 Å². The van der Waals surface area contributed by atoms with E-state index >= 15 is 0 Å². The van der Waals surface area contributed by atoms with E-state index in [1.807, 2.05) is 20.8 Å². The molecule has 0 heterocycles. The van der Waals surface area contributed by atoms with Crippen LogP contribution >= 0.6 is 0 Å². The summed E-state index contributed by atoms with van der Waals surface area (Å²) >= 11 is 0. The first kappa shape index (κ1) is 11.8.